The van der Waals surface area contributed by atoms with Gasteiger partial charge in [0.1, 0.15) is 17.3 Å². The van der Waals surface area contributed by atoms with E-state index in [1.54, 1.807) is 19.9 Å². The molecule has 140 valence electrons. The molecule has 26 heavy (non-hydrogen) atoms. The summed E-state index contributed by atoms with van der Waals surface area (Å²) >= 11 is 5.87. The van der Waals surface area contributed by atoms with E-state index in [1.807, 2.05) is 0 Å². The van der Waals surface area contributed by atoms with Crippen molar-refractivity contribution >= 4 is 11.6 Å². The number of aromatic nitrogens is 2. The smallest absolute Gasteiger partial charge is 0.431 e. The van der Waals surface area contributed by atoms with Gasteiger partial charge in [-0.3, -0.25) is 9.36 Å². The summed E-state index contributed by atoms with van der Waals surface area (Å²) in [6, 6.07) is 1.99. The first-order valence-electron chi connectivity index (χ1n) is 7.17. The van der Waals surface area contributed by atoms with Gasteiger partial charge in [0.15, 0.2) is 0 Å². The van der Waals surface area contributed by atoms with E-state index in [4.69, 9.17) is 16.3 Å². The highest BCUT2D eigenvalue weighted by Gasteiger charge is 2.35. The third-order valence-corrected chi connectivity index (χ3v) is 3.83. The molecule has 5 nitrogen and oxygen atoms in total. The predicted octanol–water partition coefficient (Wildman–Crippen LogP) is 3.65. The van der Waals surface area contributed by atoms with Gasteiger partial charge in [0.25, 0.3) is 5.56 Å². The molecule has 0 saturated heterocycles. The number of allylic oxidation sites excluding steroid dienone is 2. The summed E-state index contributed by atoms with van der Waals surface area (Å²) in [4.78, 5) is 24.3. The molecule has 0 saturated carbocycles. The Bertz CT molecular complexity index is 1010. The van der Waals surface area contributed by atoms with Crippen molar-refractivity contribution in [3.8, 4) is 11.4 Å². The summed E-state index contributed by atoms with van der Waals surface area (Å²) in [7, 11) is 0.830. The highest BCUT2D eigenvalue weighted by molar-refractivity contribution is 6.32. The molecule has 0 N–H and O–H groups in total. The molecular formula is C16H13ClF4N2O3. The van der Waals surface area contributed by atoms with E-state index in [9.17, 15) is 27.2 Å². The lowest BCUT2D eigenvalue weighted by molar-refractivity contribution is -0.144. The van der Waals surface area contributed by atoms with Crippen LogP contribution in [0.15, 0.2) is 39.6 Å². The molecule has 2 aromatic rings. The first-order chi connectivity index (χ1) is 12.0. The van der Waals surface area contributed by atoms with Crippen LogP contribution in [0.5, 0.6) is 5.75 Å². The Kier molecular flexibility index (Phi) is 5.31. The molecule has 0 atom stereocenters. The lowest BCUT2D eigenvalue weighted by Gasteiger charge is -2.15. The summed E-state index contributed by atoms with van der Waals surface area (Å²) in [5.74, 6) is -0.732. The highest BCUT2D eigenvalue weighted by atomic mass is 35.5. The molecule has 0 amide bonds. The van der Waals surface area contributed by atoms with Gasteiger partial charge in [-0.15, -0.1) is 0 Å². The topological polar surface area (TPSA) is 53.2 Å². The fraction of sp³-hybridized carbons (Fsp3) is 0.250. The van der Waals surface area contributed by atoms with E-state index in [1.165, 1.54) is 0 Å². The van der Waals surface area contributed by atoms with E-state index in [2.05, 4.69) is 0 Å². The van der Waals surface area contributed by atoms with Crippen LogP contribution < -0.4 is 16.0 Å². The van der Waals surface area contributed by atoms with Crippen LogP contribution in [0.4, 0.5) is 17.6 Å². The normalized spacial score (nSPS) is 12.4. The van der Waals surface area contributed by atoms with Crippen LogP contribution in [0.3, 0.4) is 0 Å². The Morgan fingerprint density at radius 2 is 1.85 bits per heavy atom. The third-order valence-electron chi connectivity index (χ3n) is 3.53. The molecule has 0 unspecified atom stereocenters. The zero-order valence-electron chi connectivity index (χ0n) is 13.8. The van der Waals surface area contributed by atoms with Crippen molar-refractivity contribution in [2.45, 2.75) is 20.0 Å². The number of benzene rings is 1. The molecule has 0 aliphatic carbocycles. The molecule has 0 bridgehead atoms. The zero-order chi connectivity index (χ0) is 19.8. The van der Waals surface area contributed by atoms with Gasteiger partial charge in [-0.25, -0.2) is 13.8 Å². The van der Waals surface area contributed by atoms with Crippen molar-refractivity contribution in [3.63, 3.8) is 0 Å². The first kappa shape index (κ1) is 19.8. The maximum absolute atomic E-state index is 14.3. The van der Waals surface area contributed by atoms with Crippen LogP contribution in [0.2, 0.25) is 5.02 Å². The largest absolute Gasteiger partial charge is 0.461 e. The van der Waals surface area contributed by atoms with E-state index >= 15 is 0 Å². The Hall–Kier alpha value is -2.55. The first-order valence-corrected chi connectivity index (χ1v) is 7.55. The maximum atomic E-state index is 14.3. The molecule has 1 aromatic heterocycles. The molecule has 0 radical (unpaired) electrons. The van der Waals surface area contributed by atoms with Gasteiger partial charge in [0.2, 0.25) is 0 Å². The Balaban J connectivity index is 2.77. The Morgan fingerprint density at radius 3 is 2.38 bits per heavy atom. The molecule has 1 aromatic carbocycles. The van der Waals surface area contributed by atoms with E-state index in [0.29, 0.717) is 5.76 Å². The standard InChI is InChI=1S/C16H13ClF4N2O3/c1-4-8(2)26-12-6-11(10(18)5-9(12)17)23-14(24)7-13(16(19,20)21)22(3)15(23)25/h4-7H,1-3H3. The molecule has 0 spiro atoms. The third kappa shape index (κ3) is 3.67. The minimum Gasteiger partial charge on any atom is -0.461 e. The van der Waals surface area contributed by atoms with Crippen LogP contribution in [-0.4, -0.2) is 9.13 Å². The quantitative estimate of drug-likeness (QED) is 0.592. The second kappa shape index (κ2) is 6.99. The van der Waals surface area contributed by atoms with Crippen LogP contribution >= 0.6 is 11.6 Å². The molecule has 0 fully saturated rings. The van der Waals surface area contributed by atoms with Crippen LogP contribution in [0.1, 0.15) is 19.5 Å². The van der Waals surface area contributed by atoms with Gasteiger partial charge in [-0.05, 0) is 26.0 Å². The second-order valence-electron chi connectivity index (χ2n) is 5.28. The molecular weight excluding hydrogens is 380 g/mol. The minimum absolute atomic E-state index is 0.0625. The van der Waals surface area contributed by atoms with E-state index in [0.717, 1.165) is 19.2 Å². The van der Waals surface area contributed by atoms with Crippen molar-refractivity contribution in [2.75, 3.05) is 0 Å². The van der Waals surface area contributed by atoms with Crippen LogP contribution in [0, 0.1) is 5.82 Å². The fourth-order valence-corrected chi connectivity index (χ4v) is 2.31. The predicted molar refractivity (Wildman–Crippen MR) is 87.3 cm³/mol. The monoisotopic (exact) mass is 392 g/mol. The average Bonchev–Trinajstić information content (AvgIpc) is 2.53. The van der Waals surface area contributed by atoms with Crippen molar-refractivity contribution in [2.24, 2.45) is 7.05 Å². The van der Waals surface area contributed by atoms with Crippen molar-refractivity contribution in [3.05, 3.63) is 67.4 Å². The van der Waals surface area contributed by atoms with Gasteiger partial charge >= 0.3 is 11.9 Å². The minimum atomic E-state index is -4.91. The molecule has 1 heterocycles. The number of hydrogen-bond donors (Lipinski definition) is 0. The van der Waals surface area contributed by atoms with Gasteiger partial charge in [-0.2, -0.15) is 13.2 Å². The summed E-state index contributed by atoms with van der Waals surface area (Å²) in [6.45, 7) is 3.26. The van der Waals surface area contributed by atoms with E-state index < -0.39 is 34.6 Å². The summed E-state index contributed by atoms with van der Waals surface area (Å²) in [6.07, 6.45) is -3.33. The lowest BCUT2D eigenvalue weighted by Crippen LogP contribution is -2.41. The molecule has 10 heteroatoms. The number of alkyl halides is 3. The maximum Gasteiger partial charge on any atom is 0.431 e. The molecule has 2 rings (SSSR count). The Labute approximate surface area is 149 Å². The number of halogens is 5. The van der Waals surface area contributed by atoms with Gasteiger partial charge in [0.05, 0.1) is 16.5 Å². The fourth-order valence-electron chi connectivity index (χ4n) is 2.12. The summed E-state index contributed by atoms with van der Waals surface area (Å²) in [5.41, 5.74) is -4.72. The molecule has 0 aliphatic rings. The van der Waals surface area contributed by atoms with E-state index in [-0.39, 0.29) is 26.0 Å². The van der Waals surface area contributed by atoms with Gasteiger partial charge < -0.3 is 4.74 Å². The number of hydrogen-bond acceptors (Lipinski definition) is 3. The van der Waals surface area contributed by atoms with Crippen LogP contribution in [-0.2, 0) is 13.2 Å². The Morgan fingerprint density at radius 1 is 1.23 bits per heavy atom. The number of nitrogens with zero attached hydrogens (tertiary/aromatic N) is 2. The number of rotatable bonds is 3. The average molecular weight is 393 g/mol. The van der Waals surface area contributed by atoms with Crippen molar-refractivity contribution in [1.29, 1.82) is 0 Å². The SMILES string of the molecule is CC=C(C)Oc1cc(-n2c(=O)cc(C(F)(F)F)n(C)c2=O)c(F)cc1Cl. The summed E-state index contributed by atoms with van der Waals surface area (Å²) in [5, 5.41) is -0.135. The summed E-state index contributed by atoms with van der Waals surface area (Å²) < 4.78 is 58.8. The molecule has 0 aliphatic heterocycles. The second-order valence-corrected chi connectivity index (χ2v) is 5.69. The van der Waals surface area contributed by atoms with Crippen molar-refractivity contribution < 1.29 is 22.3 Å². The number of ether oxygens (including phenoxy) is 1. The van der Waals surface area contributed by atoms with Crippen LogP contribution in [0.25, 0.3) is 5.69 Å². The van der Waals surface area contributed by atoms with Gasteiger partial charge in [0, 0.05) is 19.2 Å². The van der Waals surface area contributed by atoms with Crippen molar-refractivity contribution in [1.82, 2.24) is 9.13 Å². The highest BCUT2D eigenvalue weighted by Crippen LogP contribution is 2.31. The van der Waals surface area contributed by atoms with Gasteiger partial charge in [-0.1, -0.05) is 11.6 Å². The zero-order valence-corrected chi connectivity index (χ0v) is 14.6. The lowest BCUT2D eigenvalue weighted by atomic mass is 10.2.